The number of carbonyl (C=O) groups is 1. The third-order valence-electron chi connectivity index (χ3n) is 1.97. The number of hydrogen-bond donors (Lipinski definition) is 2. The maximum Gasteiger partial charge on any atom is 0.255 e. The summed E-state index contributed by atoms with van der Waals surface area (Å²) < 4.78 is 37.2. The molecule has 3 nitrogen and oxygen atoms in total. The largest absolute Gasteiger partial charge is 0.346 e. The summed E-state index contributed by atoms with van der Waals surface area (Å²) in [6.45, 7) is -0.675. The molecule has 0 fully saturated rings. The standard InChI is InChI=1S/C12H11F3N2O/c13-10-6-9(12(18)17-7-11(14)15)4-3-8(10)2-1-5-16/h3-4,6,11H,5,7,16H2,(H,17,18). The monoisotopic (exact) mass is 256 g/mol. The molecule has 0 atom stereocenters. The number of nitrogens with one attached hydrogen (secondary N) is 1. The first-order valence-electron chi connectivity index (χ1n) is 5.09. The molecule has 0 radical (unpaired) electrons. The Kier molecular flexibility index (Phi) is 5.21. The zero-order chi connectivity index (χ0) is 13.5. The van der Waals surface area contributed by atoms with Crippen molar-refractivity contribution in [1.82, 2.24) is 5.32 Å². The fraction of sp³-hybridized carbons (Fsp3) is 0.250. The molecule has 0 bridgehead atoms. The van der Waals surface area contributed by atoms with Crippen LogP contribution in [0.3, 0.4) is 0 Å². The Hall–Kier alpha value is -2.00. The average Bonchev–Trinajstić information content (AvgIpc) is 2.34. The van der Waals surface area contributed by atoms with Crippen molar-refractivity contribution in [3.63, 3.8) is 0 Å². The van der Waals surface area contributed by atoms with Gasteiger partial charge in [0.15, 0.2) is 0 Å². The lowest BCUT2D eigenvalue weighted by Gasteiger charge is -2.04. The highest BCUT2D eigenvalue weighted by Crippen LogP contribution is 2.09. The Morgan fingerprint density at radius 3 is 2.72 bits per heavy atom. The first-order chi connectivity index (χ1) is 8.54. The van der Waals surface area contributed by atoms with Crippen LogP contribution in [0.15, 0.2) is 18.2 Å². The summed E-state index contributed by atoms with van der Waals surface area (Å²) in [7, 11) is 0. The molecule has 1 aromatic carbocycles. The molecule has 1 rings (SSSR count). The molecular formula is C12H11F3N2O. The Balaban J connectivity index is 2.80. The summed E-state index contributed by atoms with van der Waals surface area (Å²) in [6, 6.07) is 3.56. The van der Waals surface area contributed by atoms with Crippen LogP contribution >= 0.6 is 0 Å². The normalized spacial score (nSPS) is 9.83. The number of rotatable bonds is 3. The van der Waals surface area contributed by atoms with Crippen molar-refractivity contribution in [2.75, 3.05) is 13.1 Å². The molecule has 18 heavy (non-hydrogen) atoms. The van der Waals surface area contributed by atoms with E-state index in [1.165, 1.54) is 12.1 Å². The first-order valence-corrected chi connectivity index (χ1v) is 5.09. The summed E-state index contributed by atoms with van der Waals surface area (Å²) in [4.78, 5) is 11.4. The lowest BCUT2D eigenvalue weighted by atomic mass is 10.1. The van der Waals surface area contributed by atoms with Crippen molar-refractivity contribution in [1.29, 1.82) is 0 Å². The van der Waals surface area contributed by atoms with Crippen molar-refractivity contribution >= 4 is 5.91 Å². The third kappa shape index (κ3) is 4.11. The predicted molar refractivity (Wildman–Crippen MR) is 60.7 cm³/mol. The van der Waals surface area contributed by atoms with Crippen molar-refractivity contribution in [2.45, 2.75) is 6.43 Å². The molecule has 0 aliphatic rings. The van der Waals surface area contributed by atoms with E-state index in [9.17, 15) is 18.0 Å². The SMILES string of the molecule is NCC#Cc1ccc(C(=O)NCC(F)F)cc1F. The molecule has 0 unspecified atom stereocenters. The van der Waals surface area contributed by atoms with Gasteiger partial charge in [-0.15, -0.1) is 0 Å². The van der Waals surface area contributed by atoms with Crippen LogP contribution in [0, 0.1) is 17.7 Å². The molecule has 0 heterocycles. The molecule has 6 heteroatoms. The van der Waals surface area contributed by atoms with Gasteiger partial charge in [-0.1, -0.05) is 11.8 Å². The molecule has 0 saturated heterocycles. The van der Waals surface area contributed by atoms with E-state index in [-0.39, 0.29) is 17.7 Å². The van der Waals surface area contributed by atoms with Gasteiger partial charge in [-0.3, -0.25) is 4.79 Å². The van der Waals surface area contributed by atoms with Gasteiger partial charge < -0.3 is 11.1 Å². The minimum atomic E-state index is -2.64. The van der Waals surface area contributed by atoms with E-state index in [0.29, 0.717) is 0 Å². The first kappa shape index (κ1) is 14.1. The molecule has 1 aromatic rings. The predicted octanol–water partition coefficient (Wildman–Crippen LogP) is 1.13. The number of halogens is 3. The summed E-state index contributed by atoms with van der Waals surface area (Å²) in [5, 5.41) is 1.98. The summed E-state index contributed by atoms with van der Waals surface area (Å²) in [6.07, 6.45) is -2.64. The highest BCUT2D eigenvalue weighted by atomic mass is 19.3. The second-order valence-corrected chi connectivity index (χ2v) is 3.30. The smallest absolute Gasteiger partial charge is 0.255 e. The minimum Gasteiger partial charge on any atom is -0.346 e. The highest BCUT2D eigenvalue weighted by molar-refractivity contribution is 5.94. The fourth-order valence-corrected chi connectivity index (χ4v) is 1.18. The lowest BCUT2D eigenvalue weighted by Crippen LogP contribution is -2.28. The van der Waals surface area contributed by atoms with Crippen molar-refractivity contribution in [3.05, 3.63) is 35.1 Å². The van der Waals surface area contributed by atoms with Crippen LogP contribution in [-0.2, 0) is 0 Å². The Morgan fingerprint density at radius 1 is 1.44 bits per heavy atom. The maximum atomic E-state index is 13.5. The molecule has 0 saturated carbocycles. The van der Waals surface area contributed by atoms with Crippen molar-refractivity contribution in [2.24, 2.45) is 5.73 Å². The summed E-state index contributed by atoms with van der Waals surface area (Å²) in [5.41, 5.74) is 5.21. The van der Waals surface area contributed by atoms with Crippen LogP contribution in [0.5, 0.6) is 0 Å². The molecule has 0 aromatic heterocycles. The second kappa shape index (κ2) is 6.67. The van der Waals surface area contributed by atoms with Gasteiger partial charge in [0.05, 0.1) is 18.7 Å². The van der Waals surface area contributed by atoms with Gasteiger partial charge >= 0.3 is 0 Å². The third-order valence-corrected chi connectivity index (χ3v) is 1.97. The molecule has 0 aliphatic carbocycles. The zero-order valence-corrected chi connectivity index (χ0v) is 9.34. The quantitative estimate of drug-likeness (QED) is 0.796. The van der Waals surface area contributed by atoms with E-state index >= 15 is 0 Å². The van der Waals surface area contributed by atoms with Crippen LogP contribution in [0.25, 0.3) is 0 Å². The van der Waals surface area contributed by atoms with Crippen molar-refractivity contribution < 1.29 is 18.0 Å². The Labute approximate surface area is 102 Å². The number of alkyl halides is 2. The van der Waals surface area contributed by atoms with Gasteiger partial charge in [0.2, 0.25) is 0 Å². The van der Waals surface area contributed by atoms with Gasteiger partial charge in [0.1, 0.15) is 5.82 Å². The highest BCUT2D eigenvalue weighted by Gasteiger charge is 2.10. The number of amides is 1. The molecular weight excluding hydrogens is 245 g/mol. The number of carbonyl (C=O) groups excluding carboxylic acids is 1. The molecule has 3 N–H and O–H groups in total. The van der Waals surface area contributed by atoms with Crippen LogP contribution < -0.4 is 11.1 Å². The van der Waals surface area contributed by atoms with Gasteiger partial charge in [0.25, 0.3) is 12.3 Å². The summed E-state index contributed by atoms with van der Waals surface area (Å²) in [5.74, 6) is 3.51. The average molecular weight is 256 g/mol. The van der Waals surface area contributed by atoms with Gasteiger partial charge in [-0.05, 0) is 18.2 Å². The van der Waals surface area contributed by atoms with Crippen molar-refractivity contribution in [3.8, 4) is 11.8 Å². The second-order valence-electron chi connectivity index (χ2n) is 3.30. The van der Waals surface area contributed by atoms with Gasteiger partial charge in [-0.25, -0.2) is 13.2 Å². The number of hydrogen-bond acceptors (Lipinski definition) is 2. The van der Waals surface area contributed by atoms with E-state index < -0.39 is 24.7 Å². The van der Waals surface area contributed by atoms with Crippen LogP contribution in [0.1, 0.15) is 15.9 Å². The van der Waals surface area contributed by atoms with Crippen LogP contribution in [-0.4, -0.2) is 25.4 Å². The van der Waals surface area contributed by atoms with Crippen LogP contribution in [0.2, 0.25) is 0 Å². The van der Waals surface area contributed by atoms with E-state index in [1.54, 1.807) is 0 Å². The number of nitrogens with two attached hydrogens (primary N) is 1. The minimum absolute atomic E-state index is 0.0357. The van der Waals surface area contributed by atoms with Crippen LogP contribution in [0.4, 0.5) is 13.2 Å². The number of benzene rings is 1. The van der Waals surface area contributed by atoms with E-state index in [2.05, 4.69) is 11.8 Å². The maximum absolute atomic E-state index is 13.5. The molecule has 96 valence electrons. The summed E-state index contributed by atoms with van der Waals surface area (Å²) >= 11 is 0. The Morgan fingerprint density at radius 2 is 2.17 bits per heavy atom. The molecule has 0 aliphatic heterocycles. The van der Waals surface area contributed by atoms with E-state index in [4.69, 9.17) is 5.73 Å². The van der Waals surface area contributed by atoms with Gasteiger partial charge in [0, 0.05) is 5.56 Å². The topological polar surface area (TPSA) is 55.1 Å². The zero-order valence-electron chi connectivity index (χ0n) is 9.34. The lowest BCUT2D eigenvalue weighted by molar-refractivity contribution is 0.0891. The van der Waals surface area contributed by atoms with E-state index in [0.717, 1.165) is 6.07 Å². The van der Waals surface area contributed by atoms with Gasteiger partial charge in [-0.2, -0.15) is 0 Å². The molecule has 1 amide bonds. The molecule has 0 spiro atoms. The Bertz CT molecular complexity index is 492. The van der Waals surface area contributed by atoms with E-state index in [1.807, 2.05) is 5.32 Å². The fourth-order valence-electron chi connectivity index (χ4n) is 1.18.